The quantitative estimate of drug-likeness (QED) is 0.696. The molecule has 1 aliphatic heterocycles. The summed E-state index contributed by atoms with van der Waals surface area (Å²) in [7, 11) is 0. The van der Waals surface area contributed by atoms with Gasteiger partial charge >= 0.3 is 0 Å². The van der Waals surface area contributed by atoms with Gasteiger partial charge in [-0.2, -0.15) is 0 Å². The zero-order chi connectivity index (χ0) is 16.7. The second kappa shape index (κ2) is 6.11. The Balaban J connectivity index is 1.55. The van der Waals surface area contributed by atoms with Crippen LogP contribution in [-0.4, -0.2) is 42.0 Å². The van der Waals surface area contributed by atoms with E-state index in [1.807, 2.05) is 29.3 Å². The smallest absolute Gasteiger partial charge is 0.290 e. The van der Waals surface area contributed by atoms with E-state index in [1.54, 1.807) is 23.6 Å². The summed E-state index contributed by atoms with van der Waals surface area (Å²) in [5.41, 5.74) is 1.43. The monoisotopic (exact) mass is 361 g/mol. The number of carbonyl (C=O) groups excluding carboxylic acids is 1. The van der Waals surface area contributed by atoms with E-state index in [0.717, 1.165) is 29.2 Å². The summed E-state index contributed by atoms with van der Waals surface area (Å²) in [6.45, 7) is 4.77. The van der Waals surface area contributed by atoms with Crippen molar-refractivity contribution in [1.82, 2.24) is 9.88 Å². The van der Waals surface area contributed by atoms with Crippen molar-refractivity contribution < 1.29 is 9.21 Å². The van der Waals surface area contributed by atoms with Crippen LogP contribution in [0.2, 0.25) is 5.02 Å². The van der Waals surface area contributed by atoms with E-state index in [9.17, 15) is 4.79 Å². The normalized spacial score (nSPS) is 15.2. The maximum absolute atomic E-state index is 12.9. The number of benzene rings is 1. The van der Waals surface area contributed by atoms with Crippen molar-refractivity contribution in [2.75, 3.05) is 31.1 Å². The number of carbonyl (C=O) groups is 1. The highest BCUT2D eigenvalue weighted by Gasteiger charge is 2.27. The van der Waals surface area contributed by atoms with Crippen LogP contribution in [0.15, 0.2) is 34.2 Å². The Morgan fingerprint density at radius 3 is 2.75 bits per heavy atom. The molecular formula is C17H16ClN3O2S. The maximum atomic E-state index is 12.9. The average Bonchev–Trinajstić information content (AvgIpc) is 3.24. The molecule has 7 heteroatoms. The first-order valence-electron chi connectivity index (χ1n) is 7.76. The van der Waals surface area contributed by atoms with Crippen LogP contribution in [0, 0.1) is 6.92 Å². The average molecular weight is 362 g/mol. The van der Waals surface area contributed by atoms with Crippen LogP contribution in [0.1, 0.15) is 16.1 Å². The molecule has 1 amide bonds. The van der Waals surface area contributed by atoms with Crippen LogP contribution in [0.3, 0.4) is 0 Å². The first kappa shape index (κ1) is 15.5. The van der Waals surface area contributed by atoms with E-state index < -0.39 is 0 Å². The summed E-state index contributed by atoms with van der Waals surface area (Å²) in [4.78, 5) is 21.2. The molecule has 0 aliphatic carbocycles. The highest BCUT2D eigenvalue weighted by Crippen LogP contribution is 2.31. The van der Waals surface area contributed by atoms with Gasteiger partial charge in [0.2, 0.25) is 0 Å². The fraction of sp³-hybridized carbons (Fsp3) is 0.294. The second-order valence-corrected chi connectivity index (χ2v) is 7.05. The van der Waals surface area contributed by atoms with Crippen molar-refractivity contribution in [3.8, 4) is 0 Å². The Kier molecular flexibility index (Phi) is 3.94. The number of hydrogen-bond acceptors (Lipinski definition) is 5. The molecule has 0 N–H and O–H groups in total. The van der Waals surface area contributed by atoms with Gasteiger partial charge in [0.1, 0.15) is 0 Å². The van der Waals surface area contributed by atoms with Gasteiger partial charge in [0.25, 0.3) is 5.91 Å². The minimum Gasteiger partial charge on any atom is -0.449 e. The molecule has 0 spiro atoms. The van der Waals surface area contributed by atoms with Crippen LogP contribution >= 0.6 is 22.9 Å². The number of halogens is 1. The molecule has 124 valence electrons. The number of anilines is 1. The highest BCUT2D eigenvalue weighted by molar-refractivity contribution is 7.13. The van der Waals surface area contributed by atoms with E-state index >= 15 is 0 Å². The molecule has 4 rings (SSSR count). The third-order valence-electron chi connectivity index (χ3n) is 4.37. The fourth-order valence-electron chi connectivity index (χ4n) is 3.03. The number of amides is 1. The molecule has 0 radical (unpaired) electrons. The Morgan fingerprint density at radius 1 is 1.29 bits per heavy atom. The minimum atomic E-state index is -0.0708. The van der Waals surface area contributed by atoms with Crippen molar-refractivity contribution in [2.24, 2.45) is 0 Å². The number of furan rings is 1. The first-order chi connectivity index (χ1) is 11.6. The molecule has 1 saturated heterocycles. The molecule has 24 heavy (non-hydrogen) atoms. The Morgan fingerprint density at radius 2 is 2.08 bits per heavy atom. The summed E-state index contributed by atoms with van der Waals surface area (Å²) in [6, 6.07) is 5.57. The van der Waals surface area contributed by atoms with Gasteiger partial charge in [-0.3, -0.25) is 4.79 Å². The van der Waals surface area contributed by atoms with Gasteiger partial charge < -0.3 is 14.2 Å². The number of aromatic nitrogens is 1. The van der Waals surface area contributed by atoms with Gasteiger partial charge in [0.15, 0.2) is 16.5 Å². The van der Waals surface area contributed by atoms with E-state index in [0.29, 0.717) is 29.5 Å². The lowest BCUT2D eigenvalue weighted by Gasteiger charge is -2.34. The molecule has 1 fully saturated rings. The molecule has 3 aromatic rings. The van der Waals surface area contributed by atoms with Gasteiger partial charge in [0.05, 0.1) is 5.02 Å². The first-order valence-corrected chi connectivity index (χ1v) is 9.02. The molecule has 0 saturated carbocycles. The number of nitrogens with zero attached hydrogens (tertiary/aromatic N) is 3. The molecule has 1 aliphatic rings. The van der Waals surface area contributed by atoms with Crippen LogP contribution in [0.5, 0.6) is 0 Å². The number of rotatable bonds is 2. The summed E-state index contributed by atoms with van der Waals surface area (Å²) in [5, 5.41) is 4.40. The van der Waals surface area contributed by atoms with Gasteiger partial charge in [-0.1, -0.05) is 23.7 Å². The van der Waals surface area contributed by atoms with E-state index in [4.69, 9.17) is 16.0 Å². The topological polar surface area (TPSA) is 49.6 Å². The van der Waals surface area contributed by atoms with E-state index in [2.05, 4.69) is 9.88 Å². The molecule has 5 nitrogen and oxygen atoms in total. The number of thiazole rings is 1. The third-order valence-corrected chi connectivity index (χ3v) is 5.50. The summed E-state index contributed by atoms with van der Waals surface area (Å²) < 4.78 is 5.80. The molecule has 2 aromatic heterocycles. The van der Waals surface area contributed by atoms with E-state index in [1.165, 1.54) is 0 Å². The van der Waals surface area contributed by atoms with E-state index in [-0.39, 0.29) is 5.91 Å². The number of fused-ring (bicyclic) bond motifs is 1. The van der Waals surface area contributed by atoms with Crippen LogP contribution in [-0.2, 0) is 0 Å². The van der Waals surface area contributed by atoms with Gasteiger partial charge in [-0.05, 0) is 13.0 Å². The third kappa shape index (κ3) is 2.56. The largest absolute Gasteiger partial charge is 0.449 e. The van der Waals surface area contributed by atoms with Crippen molar-refractivity contribution in [2.45, 2.75) is 6.92 Å². The molecular weight excluding hydrogens is 346 g/mol. The SMILES string of the molecule is Cc1c(C(=O)N2CCN(c3nccs3)CC2)oc2c(Cl)cccc12. The Bertz CT molecular complexity index is 883. The van der Waals surface area contributed by atoms with Gasteiger partial charge in [-0.25, -0.2) is 4.98 Å². The van der Waals surface area contributed by atoms with Crippen molar-refractivity contribution in [3.05, 3.63) is 46.1 Å². The zero-order valence-corrected chi connectivity index (χ0v) is 14.7. The fourth-order valence-corrected chi connectivity index (χ4v) is 3.94. The Labute approximate surface area is 148 Å². The molecule has 1 aromatic carbocycles. The van der Waals surface area contributed by atoms with Crippen molar-refractivity contribution >= 4 is 44.9 Å². The lowest BCUT2D eigenvalue weighted by Crippen LogP contribution is -2.48. The lowest BCUT2D eigenvalue weighted by molar-refractivity contribution is 0.0716. The summed E-state index contributed by atoms with van der Waals surface area (Å²) >= 11 is 7.80. The van der Waals surface area contributed by atoms with Gasteiger partial charge in [-0.15, -0.1) is 11.3 Å². The standard InChI is InChI=1S/C17H16ClN3O2S/c1-11-12-3-2-4-13(18)15(12)23-14(11)16(22)20-6-8-21(9-7-20)17-19-5-10-24-17/h2-5,10H,6-9H2,1H3. The summed E-state index contributed by atoms with van der Waals surface area (Å²) in [6.07, 6.45) is 1.80. The predicted molar refractivity (Wildman–Crippen MR) is 96.2 cm³/mol. The number of para-hydroxylation sites is 1. The number of aryl methyl sites for hydroxylation is 1. The van der Waals surface area contributed by atoms with Gasteiger partial charge in [0, 0.05) is 48.7 Å². The minimum absolute atomic E-state index is 0.0708. The molecule has 0 unspecified atom stereocenters. The number of hydrogen-bond donors (Lipinski definition) is 0. The van der Waals surface area contributed by atoms with Crippen molar-refractivity contribution in [3.63, 3.8) is 0 Å². The summed E-state index contributed by atoms with van der Waals surface area (Å²) in [5.74, 6) is 0.319. The number of piperazine rings is 1. The lowest BCUT2D eigenvalue weighted by atomic mass is 10.1. The zero-order valence-electron chi connectivity index (χ0n) is 13.2. The molecule has 0 atom stereocenters. The predicted octanol–water partition coefficient (Wildman–Crippen LogP) is 3.81. The molecule has 0 bridgehead atoms. The van der Waals surface area contributed by atoms with Crippen LogP contribution in [0.25, 0.3) is 11.0 Å². The highest BCUT2D eigenvalue weighted by atomic mass is 35.5. The van der Waals surface area contributed by atoms with Crippen LogP contribution in [0.4, 0.5) is 5.13 Å². The second-order valence-electron chi connectivity index (χ2n) is 5.77. The van der Waals surface area contributed by atoms with Crippen LogP contribution < -0.4 is 4.90 Å². The Hall–Kier alpha value is -2.05. The maximum Gasteiger partial charge on any atom is 0.290 e. The molecule has 3 heterocycles. The van der Waals surface area contributed by atoms with Crippen molar-refractivity contribution in [1.29, 1.82) is 0 Å².